The number of hydrogen-bond acceptors (Lipinski definition) is 4. The Kier molecular flexibility index (Phi) is 4.02. The summed E-state index contributed by atoms with van der Waals surface area (Å²) < 4.78 is 25.6. The van der Waals surface area contributed by atoms with E-state index in [0.29, 0.717) is 18.8 Å². The molecule has 2 heterocycles. The first-order valence-corrected chi connectivity index (χ1v) is 7.83. The Labute approximate surface area is 103 Å². The molecule has 6 heteroatoms. The molecule has 2 aliphatic rings. The van der Waals surface area contributed by atoms with Crippen molar-refractivity contribution in [2.24, 2.45) is 0 Å². The van der Waals surface area contributed by atoms with E-state index >= 15 is 0 Å². The minimum absolute atomic E-state index is 0.162. The van der Waals surface area contributed by atoms with Crippen molar-refractivity contribution in [2.45, 2.75) is 31.7 Å². The Hall–Kier alpha value is -0.640. The van der Waals surface area contributed by atoms with Crippen molar-refractivity contribution in [3.63, 3.8) is 0 Å². The predicted molar refractivity (Wildman–Crippen MR) is 64.8 cm³/mol. The van der Waals surface area contributed by atoms with Crippen LogP contribution in [0.3, 0.4) is 0 Å². The van der Waals surface area contributed by atoms with Gasteiger partial charge in [-0.2, -0.15) is 9.57 Å². The van der Waals surface area contributed by atoms with E-state index in [0.717, 1.165) is 38.8 Å². The number of nitriles is 1. The van der Waals surface area contributed by atoms with E-state index in [9.17, 15) is 8.42 Å². The quantitative estimate of drug-likeness (QED) is 0.672. The standard InChI is InChI=1S/C11H19N3O2S/c12-5-9-13-7-3-11(4-8-13)14-6-1-2-10-17(14,15)16/h11H,1-4,6-10H2. The summed E-state index contributed by atoms with van der Waals surface area (Å²) in [5.41, 5.74) is 0. The summed E-state index contributed by atoms with van der Waals surface area (Å²) in [7, 11) is -3.00. The van der Waals surface area contributed by atoms with Gasteiger partial charge in [-0.1, -0.05) is 0 Å². The van der Waals surface area contributed by atoms with Gasteiger partial charge in [0.15, 0.2) is 0 Å². The van der Waals surface area contributed by atoms with Crippen molar-refractivity contribution in [1.29, 1.82) is 5.26 Å². The molecular weight excluding hydrogens is 238 g/mol. The summed E-state index contributed by atoms with van der Waals surface area (Å²) in [5.74, 6) is 0.311. The van der Waals surface area contributed by atoms with Gasteiger partial charge in [0, 0.05) is 25.7 Å². The van der Waals surface area contributed by atoms with Gasteiger partial charge in [-0.25, -0.2) is 8.42 Å². The zero-order valence-corrected chi connectivity index (χ0v) is 10.8. The molecule has 0 N–H and O–H groups in total. The number of sulfonamides is 1. The van der Waals surface area contributed by atoms with Gasteiger partial charge in [0.2, 0.25) is 10.0 Å². The fourth-order valence-corrected chi connectivity index (χ4v) is 4.56. The van der Waals surface area contributed by atoms with E-state index in [-0.39, 0.29) is 6.04 Å². The number of rotatable bonds is 2. The summed E-state index contributed by atoms with van der Waals surface area (Å²) >= 11 is 0. The van der Waals surface area contributed by atoms with Crippen LogP contribution < -0.4 is 0 Å². The van der Waals surface area contributed by atoms with Crippen molar-refractivity contribution in [2.75, 3.05) is 31.9 Å². The summed E-state index contributed by atoms with van der Waals surface area (Å²) in [4.78, 5) is 2.09. The molecule has 0 unspecified atom stereocenters. The van der Waals surface area contributed by atoms with Crippen molar-refractivity contribution < 1.29 is 8.42 Å². The molecule has 0 atom stereocenters. The van der Waals surface area contributed by atoms with Crippen LogP contribution in [-0.4, -0.2) is 55.6 Å². The van der Waals surface area contributed by atoms with Gasteiger partial charge in [0.05, 0.1) is 18.4 Å². The number of hydrogen-bond donors (Lipinski definition) is 0. The first-order chi connectivity index (χ1) is 8.13. The first-order valence-electron chi connectivity index (χ1n) is 6.22. The lowest BCUT2D eigenvalue weighted by Crippen LogP contribution is -2.49. The lowest BCUT2D eigenvalue weighted by atomic mass is 10.0. The van der Waals surface area contributed by atoms with Crippen LogP contribution in [0.2, 0.25) is 0 Å². The zero-order chi connectivity index (χ0) is 12.3. The van der Waals surface area contributed by atoms with E-state index in [4.69, 9.17) is 5.26 Å². The Balaban J connectivity index is 1.94. The smallest absolute Gasteiger partial charge is 0.214 e. The molecule has 0 aromatic rings. The number of nitrogens with zero attached hydrogens (tertiary/aromatic N) is 3. The van der Waals surface area contributed by atoms with Gasteiger partial charge in [-0.15, -0.1) is 0 Å². The second-order valence-electron chi connectivity index (χ2n) is 4.80. The average molecular weight is 257 g/mol. The molecule has 0 radical (unpaired) electrons. The average Bonchev–Trinajstić information content (AvgIpc) is 2.30. The highest BCUT2D eigenvalue weighted by molar-refractivity contribution is 7.89. The van der Waals surface area contributed by atoms with Gasteiger partial charge >= 0.3 is 0 Å². The van der Waals surface area contributed by atoms with Gasteiger partial charge in [-0.3, -0.25) is 4.90 Å². The van der Waals surface area contributed by atoms with Crippen LogP contribution in [0.5, 0.6) is 0 Å². The molecule has 0 spiro atoms. The molecule has 0 aromatic heterocycles. The monoisotopic (exact) mass is 257 g/mol. The van der Waals surface area contributed by atoms with Crippen molar-refractivity contribution >= 4 is 10.0 Å². The van der Waals surface area contributed by atoms with Gasteiger partial charge in [-0.05, 0) is 25.7 Å². The fraction of sp³-hybridized carbons (Fsp3) is 0.909. The summed E-state index contributed by atoms with van der Waals surface area (Å²) in [5, 5.41) is 8.62. The highest BCUT2D eigenvalue weighted by atomic mass is 32.2. The maximum atomic E-state index is 11.9. The fourth-order valence-electron chi connectivity index (χ4n) is 2.68. The highest BCUT2D eigenvalue weighted by Gasteiger charge is 2.33. The van der Waals surface area contributed by atoms with E-state index in [1.54, 1.807) is 4.31 Å². The molecule has 0 aromatic carbocycles. The van der Waals surface area contributed by atoms with Gasteiger partial charge in [0.25, 0.3) is 0 Å². The lowest BCUT2D eigenvalue weighted by molar-refractivity contribution is 0.167. The van der Waals surface area contributed by atoms with E-state index in [1.807, 2.05) is 0 Å². The van der Waals surface area contributed by atoms with Crippen LogP contribution in [0.1, 0.15) is 25.7 Å². The number of piperidine rings is 1. The second kappa shape index (κ2) is 5.34. The largest absolute Gasteiger partial charge is 0.290 e. The molecule has 0 bridgehead atoms. The molecule has 0 aliphatic carbocycles. The van der Waals surface area contributed by atoms with Crippen LogP contribution in [-0.2, 0) is 10.0 Å². The predicted octanol–water partition coefficient (Wildman–Crippen LogP) is 0.400. The minimum atomic E-state index is -3.00. The second-order valence-corrected chi connectivity index (χ2v) is 6.84. The highest BCUT2D eigenvalue weighted by Crippen LogP contribution is 2.23. The van der Waals surface area contributed by atoms with Gasteiger partial charge in [0.1, 0.15) is 0 Å². The van der Waals surface area contributed by atoms with Crippen LogP contribution in [0.25, 0.3) is 0 Å². The Bertz CT molecular complexity index is 393. The molecule has 2 aliphatic heterocycles. The summed E-state index contributed by atoms with van der Waals surface area (Å²) in [6, 6.07) is 2.30. The van der Waals surface area contributed by atoms with Crippen LogP contribution in [0.4, 0.5) is 0 Å². The minimum Gasteiger partial charge on any atom is -0.290 e. The molecular formula is C11H19N3O2S. The van der Waals surface area contributed by atoms with Crippen LogP contribution in [0, 0.1) is 11.3 Å². The van der Waals surface area contributed by atoms with E-state index in [1.165, 1.54) is 0 Å². The van der Waals surface area contributed by atoms with Crippen LogP contribution >= 0.6 is 0 Å². The topological polar surface area (TPSA) is 64.4 Å². The summed E-state index contributed by atoms with van der Waals surface area (Å²) in [6.07, 6.45) is 3.51. The third-order valence-corrected chi connectivity index (χ3v) is 5.65. The third-order valence-electron chi connectivity index (χ3n) is 3.65. The van der Waals surface area contributed by atoms with Crippen molar-refractivity contribution in [3.8, 4) is 6.07 Å². The maximum absolute atomic E-state index is 11.9. The maximum Gasteiger partial charge on any atom is 0.214 e. The summed E-state index contributed by atoms with van der Waals surface area (Å²) in [6.45, 7) is 2.82. The van der Waals surface area contributed by atoms with Crippen molar-refractivity contribution in [1.82, 2.24) is 9.21 Å². The first kappa shape index (κ1) is 12.8. The molecule has 5 nitrogen and oxygen atoms in total. The van der Waals surface area contributed by atoms with E-state index < -0.39 is 10.0 Å². The molecule has 2 rings (SSSR count). The molecule has 17 heavy (non-hydrogen) atoms. The normalized spacial score (nSPS) is 27.7. The zero-order valence-electron chi connectivity index (χ0n) is 10.0. The lowest BCUT2D eigenvalue weighted by Gasteiger charge is -2.38. The molecule has 0 saturated carbocycles. The van der Waals surface area contributed by atoms with E-state index in [2.05, 4.69) is 11.0 Å². The van der Waals surface area contributed by atoms with Crippen LogP contribution in [0.15, 0.2) is 0 Å². The van der Waals surface area contributed by atoms with Gasteiger partial charge < -0.3 is 0 Å². The Morgan fingerprint density at radius 2 is 1.88 bits per heavy atom. The Morgan fingerprint density at radius 3 is 2.47 bits per heavy atom. The SMILES string of the molecule is N#CCN1CCC(N2CCCCS2(=O)=O)CC1. The molecule has 0 amide bonds. The third kappa shape index (κ3) is 2.97. The molecule has 96 valence electrons. The Morgan fingerprint density at radius 1 is 1.18 bits per heavy atom. The molecule has 2 fully saturated rings. The number of likely N-dealkylation sites (tertiary alicyclic amines) is 1. The molecule has 2 saturated heterocycles. The van der Waals surface area contributed by atoms with Crippen molar-refractivity contribution in [3.05, 3.63) is 0 Å².